The second-order valence-electron chi connectivity index (χ2n) is 5.83. The summed E-state index contributed by atoms with van der Waals surface area (Å²) in [6, 6.07) is 7.18. The summed E-state index contributed by atoms with van der Waals surface area (Å²) in [6.07, 6.45) is 3.97. The van der Waals surface area contributed by atoms with Crippen LogP contribution in [0.5, 0.6) is 0 Å². The van der Waals surface area contributed by atoms with Gasteiger partial charge in [-0.2, -0.15) is 0 Å². The molecule has 19 heavy (non-hydrogen) atoms. The Morgan fingerprint density at radius 2 is 1.74 bits per heavy atom. The molecular weight excluding hydrogens is 236 g/mol. The fourth-order valence-corrected chi connectivity index (χ4v) is 3.02. The molecule has 3 heteroatoms. The van der Waals surface area contributed by atoms with Gasteiger partial charge in [-0.1, -0.05) is 29.3 Å². The van der Waals surface area contributed by atoms with Crippen LogP contribution in [0.4, 0.5) is 0 Å². The Bertz CT molecular complexity index is 428. The zero-order valence-electron chi connectivity index (χ0n) is 11.9. The number of primary amides is 1. The maximum Gasteiger partial charge on any atom is 0.220 e. The summed E-state index contributed by atoms with van der Waals surface area (Å²) in [5.41, 5.74) is 9.32. The van der Waals surface area contributed by atoms with Gasteiger partial charge in [-0.15, -0.1) is 0 Å². The molecular formula is C16H24N2O. The van der Waals surface area contributed by atoms with E-state index in [2.05, 4.69) is 37.4 Å². The van der Waals surface area contributed by atoms with Crippen molar-refractivity contribution in [3.63, 3.8) is 0 Å². The Hall–Kier alpha value is -1.35. The molecule has 0 atom stereocenters. The summed E-state index contributed by atoms with van der Waals surface area (Å²) in [5.74, 6) is -0.0352. The van der Waals surface area contributed by atoms with Crippen molar-refractivity contribution in [3.8, 4) is 0 Å². The van der Waals surface area contributed by atoms with Gasteiger partial charge in [0.05, 0.1) is 0 Å². The van der Waals surface area contributed by atoms with Crippen molar-refractivity contribution in [2.45, 2.75) is 52.1 Å². The molecule has 0 radical (unpaired) electrons. The Morgan fingerprint density at radius 3 is 2.26 bits per heavy atom. The molecule has 104 valence electrons. The van der Waals surface area contributed by atoms with Crippen molar-refractivity contribution in [1.82, 2.24) is 5.32 Å². The van der Waals surface area contributed by atoms with E-state index in [9.17, 15) is 4.79 Å². The van der Waals surface area contributed by atoms with E-state index in [0.717, 1.165) is 32.2 Å². The zero-order chi connectivity index (χ0) is 13.8. The molecule has 1 aliphatic carbocycles. The van der Waals surface area contributed by atoms with Gasteiger partial charge >= 0.3 is 0 Å². The summed E-state index contributed by atoms with van der Waals surface area (Å²) < 4.78 is 0. The highest BCUT2D eigenvalue weighted by Crippen LogP contribution is 2.24. The molecule has 1 saturated carbocycles. The summed E-state index contributed by atoms with van der Waals surface area (Å²) in [6.45, 7) is 5.18. The highest BCUT2D eigenvalue weighted by Gasteiger charge is 2.24. The normalized spacial score (nSPS) is 23.3. The lowest BCUT2D eigenvalue weighted by Crippen LogP contribution is -2.36. The Kier molecular flexibility index (Phi) is 4.59. The zero-order valence-corrected chi connectivity index (χ0v) is 11.9. The first kappa shape index (κ1) is 14.1. The number of nitrogens with two attached hydrogens (primary N) is 1. The van der Waals surface area contributed by atoms with Gasteiger partial charge in [0.25, 0.3) is 0 Å². The monoisotopic (exact) mass is 260 g/mol. The molecule has 0 aliphatic heterocycles. The number of carbonyl (C=O) groups is 1. The van der Waals surface area contributed by atoms with Crippen LogP contribution in [0.3, 0.4) is 0 Å². The lowest BCUT2D eigenvalue weighted by molar-refractivity contribution is -0.122. The third kappa shape index (κ3) is 4.06. The van der Waals surface area contributed by atoms with Crippen LogP contribution in [0.2, 0.25) is 0 Å². The molecule has 0 saturated heterocycles. The Labute approximate surface area is 115 Å². The molecule has 3 N–H and O–H groups in total. The molecule has 0 spiro atoms. The minimum absolute atomic E-state index is 0.0965. The lowest BCUT2D eigenvalue weighted by Gasteiger charge is -2.27. The number of rotatable bonds is 4. The first-order valence-electron chi connectivity index (χ1n) is 7.14. The average Bonchev–Trinajstić information content (AvgIpc) is 2.36. The van der Waals surface area contributed by atoms with Crippen LogP contribution >= 0.6 is 0 Å². The molecule has 0 bridgehead atoms. The quantitative estimate of drug-likeness (QED) is 0.873. The van der Waals surface area contributed by atoms with Crippen molar-refractivity contribution >= 4 is 5.91 Å². The maximum absolute atomic E-state index is 11.1. The fraction of sp³-hybridized carbons (Fsp3) is 0.562. The average molecular weight is 260 g/mol. The second-order valence-corrected chi connectivity index (χ2v) is 5.83. The first-order valence-corrected chi connectivity index (χ1v) is 7.14. The van der Waals surface area contributed by atoms with E-state index >= 15 is 0 Å². The summed E-state index contributed by atoms with van der Waals surface area (Å²) in [4.78, 5) is 11.1. The maximum atomic E-state index is 11.1. The van der Waals surface area contributed by atoms with E-state index in [1.54, 1.807) is 0 Å². The molecule has 0 aromatic heterocycles. The predicted molar refractivity (Wildman–Crippen MR) is 77.7 cm³/mol. The van der Waals surface area contributed by atoms with Gasteiger partial charge in [0.15, 0.2) is 0 Å². The molecule has 1 aromatic carbocycles. The van der Waals surface area contributed by atoms with Crippen LogP contribution in [0.1, 0.15) is 42.4 Å². The standard InChI is InChI=1S/C16H24N2O/c1-11-7-12(2)9-13(8-11)10-18-15-5-3-14(4-6-15)16(17)19/h7-9,14-15,18H,3-6,10H2,1-2H3,(H2,17,19). The number of carbonyl (C=O) groups excluding carboxylic acids is 1. The van der Waals surface area contributed by atoms with E-state index in [0.29, 0.717) is 6.04 Å². The first-order chi connectivity index (χ1) is 9.04. The van der Waals surface area contributed by atoms with Crippen molar-refractivity contribution in [2.24, 2.45) is 11.7 Å². The van der Waals surface area contributed by atoms with Gasteiger partial charge in [0, 0.05) is 18.5 Å². The summed E-state index contributed by atoms with van der Waals surface area (Å²) in [7, 11) is 0. The number of benzene rings is 1. The lowest BCUT2D eigenvalue weighted by atomic mass is 9.85. The molecule has 3 nitrogen and oxygen atoms in total. The molecule has 1 fully saturated rings. The molecule has 0 unspecified atom stereocenters. The van der Waals surface area contributed by atoms with Crippen molar-refractivity contribution in [3.05, 3.63) is 34.9 Å². The number of nitrogens with one attached hydrogen (secondary N) is 1. The molecule has 0 heterocycles. The number of aryl methyl sites for hydroxylation is 2. The highest BCUT2D eigenvalue weighted by atomic mass is 16.1. The van der Waals surface area contributed by atoms with Gasteiger partial charge < -0.3 is 11.1 Å². The minimum Gasteiger partial charge on any atom is -0.369 e. The molecule has 1 aliphatic rings. The summed E-state index contributed by atoms with van der Waals surface area (Å²) >= 11 is 0. The van der Waals surface area contributed by atoms with Gasteiger partial charge in [0.2, 0.25) is 5.91 Å². The van der Waals surface area contributed by atoms with Crippen LogP contribution in [-0.2, 0) is 11.3 Å². The van der Waals surface area contributed by atoms with Crippen LogP contribution in [0, 0.1) is 19.8 Å². The van der Waals surface area contributed by atoms with Crippen molar-refractivity contribution < 1.29 is 4.79 Å². The number of hydrogen-bond acceptors (Lipinski definition) is 2. The number of hydrogen-bond donors (Lipinski definition) is 2. The third-order valence-corrected chi connectivity index (χ3v) is 4.01. The van der Waals surface area contributed by atoms with Crippen LogP contribution in [-0.4, -0.2) is 11.9 Å². The molecule has 1 aromatic rings. The van der Waals surface area contributed by atoms with Gasteiger partial charge in [-0.05, 0) is 45.1 Å². The van der Waals surface area contributed by atoms with E-state index in [4.69, 9.17) is 5.73 Å². The largest absolute Gasteiger partial charge is 0.369 e. The SMILES string of the molecule is Cc1cc(C)cc(CNC2CCC(C(N)=O)CC2)c1. The van der Waals surface area contributed by atoms with Crippen LogP contribution < -0.4 is 11.1 Å². The third-order valence-electron chi connectivity index (χ3n) is 4.01. The summed E-state index contributed by atoms with van der Waals surface area (Å²) in [5, 5.41) is 3.60. The second kappa shape index (κ2) is 6.20. The van der Waals surface area contributed by atoms with Gasteiger partial charge in [-0.3, -0.25) is 4.79 Å². The topological polar surface area (TPSA) is 55.1 Å². The number of amides is 1. The molecule has 2 rings (SSSR count). The Morgan fingerprint density at radius 1 is 1.16 bits per heavy atom. The van der Waals surface area contributed by atoms with Crippen molar-refractivity contribution in [2.75, 3.05) is 0 Å². The van der Waals surface area contributed by atoms with E-state index in [1.807, 2.05) is 0 Å². The van der Waals surface area contributed by atoms with Crippen molar-refractivity contribution in [1.29, 1.82) is 0 Å². The van der Waals surface area contributed by atoms with E-state index in [1.165, 1.54) is 16.7 Å². The molecule has 1 amide bonds. The smallest absolute Gasteiger partial charge is 0.220 e. The highest BCUT2D eigenvalue weighted by molar-refractivity contribution is 5.76. The predicted octanol–water partition coefficient (Wildman–Crippen LogP) is 2.44. The van der Waals surface area contributed by atoms with Gasteiger partial charge in [-0.25, -0.2) is 0 Å². The van der Waals surface area contributed by atoms with E-state index in [-0.39, 0.29) is 11.8 Å². The fourth-order valence-electron chi connectivity index (χ4n) is 3.02. The Balaban J connectivity index is 1.82. The van der Waals surface area contributed by atoms with Gasteiger partial charge in [0.1, 0.15) is 0 Å². The minimum atomic E-state index is -0.132. The van der Waals surface area contributed by atoms with Crippen LogP contribution in [0.25, 0.3) is 0 Å². The van der Waals surface area contributed by atoms with Crippen LogP contribution in [0.15, 0.2) is 18.2 Å². The van der Waals surface area contributed by atoms with E-state index < -0.39 is 0 Å².